The third-order valence-corrected chi connectivity index (χ3v) is 3.22. The van der Waals surface area contributed by atoms with E-state index in [1.165, 1.54) is 0 Å². The van der Waals surface area contributed by atoms with Crippen LogP contribution in [0.4, 0.5) is 0 Å². The van der Waals surface area contributed by atoms with E-state index in [4.69, 9.17) is 27.8 Å². The zero-order valence-electron chi connectivity index (χ0n) is 12.4. The van der Waals surface area contributed by atoms with Crippen LogP contribution in [0.2, 0.25) is 0 Å². The monoisotopic (exact) mass is 312 g/mol. The van der Waals surface area contributed by atoms with Crippen LogP contribution in [0.25, 0.3) is 0 Å². The van der Waals surface area contributed by atoms with Crippen molar-refractivity contribution in [3.8, 4) is 5.75 Å². The average molecular weight is 312 g/mol. The minimum atomic E-state index is -0.614. The van der Waals surface area contributed by atoms with E-state index in [0.29, 0.717) is 23.8 Å². The van der Waals surface area contributed by atoms with Gasteiger partial charge in [-0.15, -0.1) is 0 Å². The lowest BCUT2D eigenvalue weighted by molar-refractivity contribution is 0.0618. The molecule has 0 bridgehead atoms. The number of nitrogens with two attached hydrogens (primary N) is 1. The van der Waals surface area contributed by atoms with E-state index in [1.54, 1.807) is 12.1 Å². The number of aliphatic hydroxyl groups excluding tert-OH is 2. The molecular weight excluding hydrogens is 288 g/mol. The molecule has 0 saturated heterocycles. The lowest BCUT2D eigenvalue weighted by atomic mass is 10.2. The molecule has 1 rings (SSSR count). The molecule has 4 N–H and O–H groups in total. The molecule has 0 aliphatic carbocycles. The maximum Gasteiger partial charge on any atom is 0.120 e. The normalized spacial score (nSPS) is 12.4. The van der Waals surface area contributed by atoms with Gasteiger partial charge >= 0.3 is 0 Å². The highest BCUT2D eigenvalue weighted by Gasteiger charge is 2.11. The number of benzene rings is 1. The molecule has 1 aromatic carbocycles. The molecule has 1 aromatic rings. The van der Waals surface area contributed by atoms with Crippen LogP contribution in [0, 0.1) is 0 Å². The van der Waals surface area contributed by atoms with Crippen molar-refractivity contribution in [1.82, 2.24) is 4.90 Å². The molecular formula is C15H24N2O3S. The summed E-state index contributed by atoms with van der Waals surface area (Å²) in [5.41, 5.74) is 6.31. The zero-order chi connectivity index (χ0) is 15.7. The predicted molar refractivity (Wildman–Crippen MR) is 87.6 cm³/mol. The summed E-state index contributed by atoms with van der Waals surface area (Å²) in [4.78, 5) is 2.33. The Balaban J connectivity index is 2.46. The Hall–Kier alpha value is -1.21. The number of hydrogen-bond donors (Lipinski definition) is 3. The summed E-state index contributed by atoms with van der Waals surface area (Å²) in [7, 11) is 0. The van der Waals surface area contributed by atoms with Gasteiger partial charge in [-0.2, -0.15) is 0 Å². The Morgan fingerprint density at radius 1 is 1.43 bits per heavy atom. The van der Waals surface area contributed by atoms with E-state index in [0.717, 1.165) is 18.5 Å². The Morgan fingerprint density at radius 3 is 2.81 bits per heavy atom. The third-order valence-electron chi connectivity index (χ3n) is 2.99. The molecule has 21 heavy (non-hydrogen) atoms. The maximum atomic E-state index is 10.0. The van der Waals surface area contributed by atoms with Crippen LogP contribution < -0.4 is 10.5 Å². The Morgan fingerprint density at radius 2 is 2.19 bits per heavy atom. The van der Waals surface area contributed by atoms with Gasteiger partial charge in [0.05, 0.1) is 6.61 Å². The topological polar surface area (TPSA) is 79.0 Å². The van der Waals surface area contributed by atoms with Gasteiger partial charge in [-0.25, -0.2) is 0 Å². The number of thiocarbonyl (C=S) groups is 1. The standard InChI is InChI=1S/C15H24N2O3S/c1-2-6-17(7-8-18)10-13(19)11-20-14-5-3-4-12(9-14)15(16)21/h3-5,9,13,18-19H,2,6-8,10-11H2,1H3,(H2,16,21). The fourth-order valence-corrected chi connectivity index (χ4v) is 2.16. The van der Waals surface area contributed by atoms with Crippen molar-refractivity contribution in [3.63, 3.8) is 0 Å². The number of nitrogens with zero attached hydrogens (tertiary/aromatic N) is 1. The third kappa shape index (κ3) is 6.86. The largest absolute Gasteiger partial charge is 0.491 e. The van der Waals surface area contributed by atoms with Crippen LogP contribution in [0.3, 0.4) is 0 Å². The fraction of sp³-hybridized carbons (Fsp3) is 0.533. The summed E-state index contributed by atoms with van der Waals surface area (Å²) in [6.07, 6.45) is 0.361. The molecule has 0 aromatic heterocycles. The van der Waals surface area contributed by atoms with Crippen LogP contribution in [-0.2, 0) is 0 Å². The van der Waals surface area contributed by atoms with E-state index < -0.39 is 6.10 Å². The quantitative estimate of drug-likeness (QED) is 0.554. The molecule has 0 amide bonds. The Kier molecular flexibility index (Phi) is 8.22. The Bertz CT molecular complexity index is 437. The second-order valence-corrected chi connectivity index (χ2v) is 5.32. The molecule has 5 nitrogen and oxygen atoms in total. The van der Waals surface area contributed by atoms with Gasteiger partial charge in [-0.05, 0) is 25.1 Å². The fourth-order valence-electron chi connectivity index (χ4n) is 2.03. The molecule has 1 unspecified atom stereocenters. The molecule has 1 atom stereocenters. The van der Waals surface area contributed by atoms with Gasteiger partial charge in [0.15, 0.2) is 0 Å². The summed E-state index contributed by atoms with van der Waals surface area (Å²) in [6, 6.07) is 7.18. The molecule has 0 saturated carbocycles. The van der Waals surface area contributed by atoms with Crippen molar-refractivity contribution in [3.05, 3.63) is 29.8 Å². The number of ether oxygens (including phenoxy) is 1. The van der Waals surface area contributed by atoms with E-state index in [2.05, 4.69) is 6.92 Å². The highest BCUT2D eigenvalue weighted by Crippen LogP contribution is 2.13. The van der Waals surface area contributed by atoms with Crippen molar-refractivity contribution >= 4 is 17.2 Å². The van der Waals surface area contributed by atoms with Crippen LogP contribution in [0.1, 0.15) is 18.9 Å². The van der Waals surface area contributed by atoms with Crippen LogP contribution in [0.5, 0.6) is 5.75 Å². The zero-order valence-corrected chi connectivity index (χ0v) is 13.2. The predicted octanol–water partition coefficient (Wildman–Crippen LogP) is 0.765. The summed E-state index contributed by atoms with van der Waals surface area (Å²) in [5, 5.41) is 19.0. The second-order valence-electron chi connectivity index (χ2n) is 4.88. The van der Waals surface area contributed by atoms with E-state index in [1.807, 2.05) is 17.0 Å². The minimum absolute atomic E-state index is 0.0869. The van der Waals surface area contributed by atoms with Gasteiger partial charge in [0, 0.05) is 18.7 Å². The summed E-state index contributed by atoms with van der Waals surface area (Å²) in [5.74, 6) is 0.628. The van der Waals surface area contributed by atoms with E-state index in [9.17, 15) is 5.11 Å². The van der Waals surface area contributed by atoms with Crippen molar-refractivity contribution in [1.29, 1.82) is 0 Å². The first kappa shape index (κ1) is 17.8. The molecule has 6 heteroatoms. The van der Waals surface area contributed by atoms with Gasteiger partial charge in [-0.1, -0.05) is 31.3 Å². The maximum absolute atomic E-state index is 10.0. The van der Waals surface area contributed by atoms with Crippen LogP contribution in [-0.4, -0.2) is 59.1 Å². The molecule has 0 spiro atoms. The summed E-state index contributed by atoms with van der Waals surface area (Å²) < 4.78 is 5.56. The van der Waals surface area contributed by atoms with Crippen LogP contribution in [0.15, 0.2) is 24.3 Å². The second kappa shape index (κ2) is 9.68. The average Bonchev–Trinajstić information content (AvgIpc) is 2.46. The van der Waals surface area contributed by atoms with Crippen molar-refractivity contribution in [2.24, 2.45) is 5.73 Å². The van der Waals surface area contributed by atoms with Crippen LogP contribution >= 0.6 is 12.2 Å². The lowest BCUT2D eigenvalue weighted by Crippen LogP contribution is -2.37. The van der Waals surface area contributed by atoms with Gasteiger partial charge in [0.25, 0.3) is 0 Å². The van der Waals surface area contributed by atoms with Crippen molar-refractivity contribution in [2.45, 2.75) is 19.4 Å². The van der Waals surface area contributed by atoms with E-state index >= 15 is 0 Å². The van der Waals surface area contributed by atoms with Gasteiger partial charge < -0.3 is 20.7 Å². The van der Waals surface area contributed by atoms with Crippen molar-refractivity contribution in [2.75, 3.05) is 32.8 Å². The van der Waals surface area contributed by atoms with Gasteiger partial charge in [0.2, 0.25) is 0 Å². The number of hydrogen-bond acceptors (Lipinski definition) is 5. The molecule has 0 aliphatic heterocycles. The molecule has 0 aliphatic rings. The number of aliphatic hydroxyl groups is 2. The smallest absolute Gasteiger partial charge is 0.120 e. The Labute approximate surface area is 131 Å². The van der Waals surface area contributed by atoms with Gasteiger partial charge in [-0.3, -0.25) is 4.90 Å². The van der Waals surface area contributed by atoms with E-state index in [-0.39, 0.29) is 13.2 Å². The SMILES string of the molecule is CCCN(CCO)CC(O)COc1cccc(C(N)=S)c1. The number of rotatable bonds is 10. The highest BCUT2D eigenvalue weighted by atomic mass is 32.1. The molecule has 0 radical (unpaired) electrons. The van der Waals surface area contributed by atoms with Crippen molar-refractivity contribution < 1.29 is 14.9 Å². The first-order chi connectivity index (χ1) is 10.1. The minimum Gasteiger partial charge on any atom is -0.491 e. The summed E-state index contributed by atoms with van der Waals surface area (Å²) in [6.45, 7) is 4.21. The molecule has 0 heterocycles. The highest BCUT2D eigenvalue weighted by molar-refractivity contribution is 7.80. The lowest BCUT2D eigenvalue weighted by Gasteiger charge is -2.23. The molecule has 118 valence electrons. The summed E-state index contributed by atoms with van der Waals surface area (Å²) >= 11 is 4.92. The first-order valence-electron chi connectivity index (χ1n) is 7.10. The van der Waals surface area contributed by atoms with Gasteiger partial charge in [0.1, 0.15) is 23.4 Å². The molecule has 0 fully saturated rings. The first-order valence-corrected chi connectivity index (χ1v) is 7.51.